The largest absolute Gasteiger partial charge is 0.416 e. The minimum absolute atomic E-state index is 0.0521. The highest BCUT2D eigenvalue weighted by molar-refractivity contribution is 5.83. The molecule has 0 N–H and O–H groups in total. The van der Waals surface area contributed by atoms with Gasteiger partial charge in [-0.2, -0.15) is 13.2 Å². The third kappa shape index (κ3) is 3.52. The van der Waals surface area contributed by atoms with Gasteiger partial charge in [0.2, 0.25) is 0 Å². The molecule has 0 heterocycles. The van der Waals surface area contributed by atoms with Gasteiger partial charge in [-0.05, 0) is 40.1 Å². The third-order valence-electron chi connectivity index (χ3n) is 3.83. The van der Waals surface area contributed by atoms with Gasteiger partial charge in [0, 0.05) is 6.42 Å². The van der Waals surface area contributed by atoms with E-state index in [-0.39, 0.29) is 6.42 Å². The fourth-order valence-corrected chi connectivity index (χ4v) is 2.56. The van der Waals surface area contributed by atoms with Crippen molar-refractivity contribution < 1.29 is 17.6 Å². The summed E-state index contributed by atoms with van der Waals surface area (Å²) >= 11 is 0. The van der Waals surface area contributed by atoms with Crippen molar-refractivity contribution in [3.63, 3.8) is 0 Å². The van der Waals surface area contributed by atoms with Crippen LogP contribution in [0.3, 0.4) is 0 Å². The number of benzene rings is 3. The van der Waals surface area contributed by atoms with Crippen LogP contribution in [-0.4, -0.2) is 0 Å². The molecule has 0 aromatic heterocycles. The average Bonchev–Trinajstić information content (AvgIpc) is 2.54. The highest BCUT2D eigenvalue weighted by Gasteiger charge is 2.30. The zero-order chi connectivity index (χ0) is 16.4. The monoisotopic (exact) mass is 318 g/mol. The molecule has 0 saturated carbocycles. The molecule has 3 aromatic carbocycles. The second-order valence-corrected chi connectivity index (χ2v) is 5.47. The maximum absolute atomic E-state index is 14.5. The van der Waals surface area contributed by atoms with Crippen molar-refractivity contribution in [3.05, 3.63) is 83.4 Å². The van der Waals surface area contributed by atoms with Gasteiger partial charge >= 0.3 is 6.18 Å². The van der Waals surface area contributed by atoms with Gasteiger partial charge in [-0.15, -0.1) is 0 Å². The number of rotatable bonds is 3. The summed E-state index contributed by atoms with van der Waals surface area (Å²) in [7, 11) is 0. The summed E-state index contributed by atoms with van der Waals surface area (Å²) in [4.78, 5) is 0. The van der Waals surface area contributed by atoms with Crippen molar-refractivity contribution in [3.8, 4) is 0 Å². The van der Waals surface area contributed by atoms with E-state index in [4.69, 9.17) is 0 Å². The van der Waals surface area contributed by atoms with Gasteiger partial charge in [0.25, 0.3) is 0 Å². The predicted octanol–water partition coefficient (Wildman–Crippen LogP) is 6.11. The van der Waals surface area contributed by atoms with Crippen LogP contribution in [0, 0.1) is 0 Å². The van der Waals surface area contributed by atoms with Crippen LogP contribution in [0.5, 0.6) is 0 Å². The topological polar surface area (TPSA) is 0 Å². The molecule has 0 amide bonds. The van der Waals surface area contributed by atoms with Crippen LogP contribution in [0.25, 0.3) is 10.8 Å². The lowest BCUT2D eigenvalue weighted by molar-refractivity contribution is -0.137. The quantitative estimate of drug-likeness (QED) is 0.511. The Morgan fingerprint density at radius 3 is 2.09 bits per heavy atom. The molecule has 23 heavy (non-hydrogen) atoms. The molecule has 4 heteroatoms. The Kier molecular flexibility index (Phi) is 4.07. The molecule has 118 valence electrons. The molecular formula is C19H14F4. The van der Waals surface area contributed by atoms with E-state index in [9.17, 15) is 17.6 Å². The van der Waals surface area contributed by atoms with Gasteiger partial charge in [0.15, 0.2) is 0 Å². The predicted molar refractivity (Wildman–Crippen MR) is 82.9 cm³/mol. The molecule has 0 fully saturated rings. The average molecular weight is 318 g/mol. The Morgan fingerprint density at radius 2 is 1.43 bits per heavy atom. The van der Waals surface area contributed by atoms with Crippen molar-refractivity contribution in [2.45, 2.75) is 18.8 Å². The molecule has 0 aliphatic heterocycles. The summed E-state index contributed by atoms with van der Waals surface area (Å²) in [5.74, 6) is 0. The van der Waals surface area contributed by atoms with Crippen LogP contribution in [0.15, 0.2) is 66.7 Å². The van der Waals surface area contributed by atoms with Gasteiger partial charge in [0.05, 0.1) is 5.56 Å². The Balaban J connectivity index is 1.78. The van der Waals surface area contributed by atoms with Crippen molar-refractivity contribution in [1.29, 1.82) is 0 Å². The van der Waals surface area contributed by atoms with E-state index < -0.39 is 17.9 Å². The van der Waals surface area contributed by atoms with Crippen LogP contribution < -0.4 is 0 Å². The maximum atomic E-state index is 14.5. The second kappa shape index (κ2) is 6.03. The van der Waals surface area contributed by atoms with E-state index >= 15 is 0 Å². The molecule has 0 nitrogen and oxygen atoms in total. The maximum Gasteiger partial charge on any atom is 0.416 e. The molecule has 0 spiro atoms. The summed E-state index contributed by atoms with van der Waals surface area (Å²) in [6.45, 7) is 0. The fraction of sp³-hybridized carbons (Fsp3) is 0.158. The smallest absolute Gasteiger partial charge is 0.242 e. The lowest BCUT2D eigenvalue weighted by Gasteiger charge is -2.11. The van der Waals surface area contributed by atoms with Gasteiger partial charge in [-0.3, -0.25) is 0 Å². The normalized spacial score (nSPS) is 13.2. The molecule has 0 saturated heterocycles. The van der Waals surface area contributed by atoms with E-state index in [1.54, 1.807) is 12.1 Å². The number of hydrogen-bond donors (Lipinski definition) is 0. The van der Waals surface area contributed by atoms with Gasteiger partial charge in [-0.25, -0.2) is 4.39 Å². The van der Waals surface area contributed by atoms with E-state index in [1.165, 1.54) is 12.1 Å². The molecule has 0 bridgehead atoms. The highest BCUT2D eigenvalue weighted by Crippen LogP contribution is 2.30. The van der Waals surface area contributed by atoms with Crippen molar-refractivity contribution >= 4 is 10.8 Å². The SMILES string of the molecule is FC(Cc1ccc(C(F)(F)F)cc1)c1ccc2ccccc2c1. The summed E-state index contributed by atoms with van der Waals surface area (Å²) < 4.78 is 52.0. The van der Waals surface area contributed by atoms with Crippen LogP contribution in [0.2, 0.25) is 0 Å². The number of fused-ring (bicyclic) bond motifs is 1. The van der Waals surface area contributed by atoms with E-state index in [0.29, 0.717) is 11.1 Å². The molecule has 3 rings (SSSR count). The van der Waals surface area contributed by atoms with Crippen LogP contribution in [-0.2, 0) is 12.6 Å². The first kappa shape index (κ1) is 15.5. The summed E-state index contributed by atoms with van der Waals surface area (Å²) in [6, 6.07) is 17.6. The van der Waals surface area contributed by atoms with Crippen molar-refractivity contribution in [2.24, 2.45) is 0 Å². The lowest BCUT2D eigenvalue weighted by Crippen LogP contribution is -2.05. The van der Waals surface area contributed by atoms with Gasteiger partial charge in [-0.1, -0.05) is 48.5 Å². The van der Waals surface area contributed by atoms with Crippen LogP contribution in [0.4, 0.5) is 17.6 Å². The Hall–Kier alpha value is -2.36. The standard InChI is InChI=1S/C19H14F4/c20-18(11-13-5-9-17(10-6-13)19(21,22)23)16-8-7-14-3-1-2-4-15(14)12-16/h1-10,12,18H,11H2. The number of hydrogen-bond acceptors (Lipinski definition) is 0. The van der Waals surface area contributed by atoms with Gasteiger partial charge in [0.1, 0.15) is 6.17 Å². The zero-order valence-electron chi connectivity index (χ0n) is 12.1. The molecule has 1 unspecified atom stereocenters. The summed E-state index contributed by atoms with van der Waals surface area (Å²) in [5.41, 5.74) is 0.351. The Morgan fingerprint density at radius 1 is 0.783 bits per heavy atom. The molecular weight excluding hydrogens is 304 g/mol. The van der Waals surface area contributed by atoms with E-state index in [1.807, 2.05) is 30.3 Å². The van der Waals surface area contributed by atoms with E-state index in [2.05, 4.69) is 0 Å². The minimum Gasteiger partial charge on any atom is -0.242 e. The number of halogens is 4. The van der Waals surface area contributed by atoms with Gasteiger partial charge < -0.3 is 0 Å². The Bertz CT molecular complexity index is 803. The first-order chi connectivity index (χ1) is 10.9. The minimum atomic E-state index is -4.37. The van der Waals surface area contributed by atoms with Crippen molar-refractivity contribution in [2.75, 3.05) is 0 Å². The van der Waals surface area contributed by atoms with E-state index in [0.717, 1.165) is 22.9 Å². The molecule has 0 aliphatic carbocycles. The second-order valence-electron chi connectivity index (χ2n) is 5.47. The van der Waals surface area contributed by atoms with Crippen molar-refractivity contribution in [1.82, 2.24) is 0 Å². The highest BCUT2D eigenvalue weighted by atomic mass is 19.4. The fourth-order valence-electron chi connectivity index (χ4n) is 2.56. The molecule has 1 atom stereocenters. The molecule has 0 aliphatic rings. The zero-order valence-corrected chi connectivity index (χ0v) is 12.1. The lowest BCUT2D eigenvalue weighted by atomic mass is 9.99. The Labute approximate surface area is 131 Å². The first-order valence-corrected chi connectivity index (χ1v) is 7.22. The summed E-state index contributed by atoms with van der Waals surface area (Å²) in [6.07, 6.45) is -5.57. The van der Waals surface area contributed by atoms with Crippen LogP contribution >= 0.6 is 0 Å². The first-order valence-electron chi connectivity index (χ1n) is 7.22. The third-order valence-corrected chi connectivity index (χ3v) is 3.83. The number of alkyl halides is 4. The summed E-state index contributed by atoms with van der Waals surface area (Å²) in [5, 5.41) is 1.97. The van der Waals surface area contributed by atoms with Crippen LogP contribution in [0.1, 0.15) is 22.9 Å². The molecule has 3 aromatic rings. The molecule has 0 radical (unpaired) electrons.